The standard InChI is InChI=1S/C11H10FNO4/c1-17-11(16)7-2-6(3-8(12)4-7)10(15)9(14)5-13/h2-4,9-10,14-15H,1H3. The number of hydrogen-bond acceptors (Lipinski definition) is 5. The quantitative estimate of drug-likeness (QED) is 0.593. The fourth-order valence-corrected chi connectivity index (χ4v) is 1.27. The van der Waals surface area contributed by atoms with Gasteiger partial charge in [-0.3, -0.25) is 0 Å². The van der Waals surface area contributed by atoms with E-state index < -0.39 is 24.0 Å². The van der Waals surface area contributed by atoms with Crippen LogP contribution in [0.3, 0.4) is 0 Å². The molecule has 0 aliphatic carbocycles. The molecule has 1 aromatic rings. The van der Waals surface area contributed by atoms with Gasteiger partial charge in [-0.05, 0) is 23.8 Å². The Balaban J connectivity index is 3.14. The molecular formula is C11H10FNO4. The van der Waals surface area contributed by atoms with E-state index in [9.17, 15) is 14.3 Å². The lowest BCUT2D eigenvalue weighted by Crippen LogP contribution is -2.16. The van der Waals surface area contributed by atoms with Crippen LogP contribution in [0.25, 0.3) is 0 Å². The van der Waals surface area contributed by atoms with Gasteiger partial charge in [-0.1, -0.05) is 0 Å². The van der Waals surface area contributed by atoms with E-state index in [1.807, 2.05) is 0 Å². The molecule has 0 heterocycles. The number of halogens is 1. The topological polar surface area (TPSA) is 90.6 Å². The predicted molar refractivity (Wildman–Crippen MR) is 54.3 cm³/mol. The molecule has 1 rings (SSSR count). The molecule has 90 valence electrons. The summed E-state index contributed by atoms with van der Waals surface area (Å²) in [5.74, 6) is -1.54. The zero-order chi connectivity index (χ0) is 13.0. The highest BCUT2D eigenvalue weighted by Crippen LogP contribution is 2.20. The van der Waals surface area contributed by atoms with Crippen LogP contribution in [0.15, 0.2) is 18.2 Å². The van der Waals surface area contributed by atoms with Crippen LogP contribution < -0.4 is 0 Å². The van der Waals surface area contributed by atoms with Crippen molar-refractivity contribution in [1.82, 2.24) is 0 Å². The minimum Gasteiger partial charge on any atom is -0.465 e. The van der Waals surface area contributed by atoms with Crippen molar-refractivity contribution in [1.29, 1.82) is 5.26 Å². The minimum atomic E-state index is -1.69. The average Bonchev–Trinajstić information content (AvgIpc) is 2.35. The van der Waals surface area contributed by atoms with E-state index in [1.54, 1.807) is 0 Å². The highest BCUT2D eigenvalue weighted by molar-refractivity contribution is 5.89. The fraction of sp³-hybridized carbons (Fsp3) is 0.273. The Morgan fingerprint density at radius 1 is 1.47 bits per heavy atom. The summed E-state index contributed by atoms with van der Waals surface area (Å²) in [6.07, 6.45) is -3.28. The van der Waals surface area contributed by atoms with Crippen molar-refractivity contribution in [3.05, 3.63) is 35.1 Å². The summed E-state index contributed by atoms with van der Waals surface area (Å²) in [7, 11) is 1.13. The Kier molecular flexibility index (Phi) is 4.15. The number of carbonyl (C=O) groups excluding carboxylic acids is 1. The minimum absolute atomic E-state index is 0.0700. The van der Waals surface area contributed by atoms with Crippen LogP contribution in [0, 0.1) is 17.1 Å². The molecule has 0 radical (unpaired) electrons. The Bertz CT molecular complexity index is 469. The SMILES string of the molecule is COC(=O)c1cc(F)cc(C(O)C(O)C#N)c1. The van der Waals surface area contributed by atoms with Crippen molar-refractivity contribution in [2.45, 2.75) is 12.2 Å². The Morgan fingerprint density at radius 2 is 2.12 bits per heavy atom. The molecule has 0 saturated carbocycles. The zero-order valence-electron chi connectivity index (χ0n) is 8.92. The van der Waals surface area contributed by atoms with Gasteiger partial charge in [0.05, 0.1) is 18.7 Å². The normalized spacial score (nSPS) is 13.6. The van der Waals surface area contributed by atoms with Crippen LogP contribution in [0.2, 0.25) is 0 Å². The lowest BCUT2D eigenvalue weighted by atomic mass is 10.0. The van der Waals surface area contributed by atoms with Gasteiger partial charge in [0, 0.05) is 0 Å². The van der Waals surface area contributed by atoms with Crippen molar-refractivity contribution in [3.63, 3.8) is 0 Å². The van der Waals surface area contributed by atoms with Gasteiger partial charge in [-0.15, -0.1) is 0 Å². The molecule has 0 aromatic heterocycles. The van der Waals surface area contributed by atoms with Gasteiger partial charge < -0.3 is 14.9 Å². The molecule has 2 atom stereocenters. The molecule has 2 unspecified atom stereocenters. The van der Waals surface area contributed by atoms with Gasteiger partial charge in [0.25, 0.3) is 0 Å². The highest BCUT2D eigenvalue weighted by Gasteiger charge is 2.20. The number of benzene rings is 1. The number of aliphatic hydroxyl groups excluding tert-OH is 2. The van der Waals surface area contributed by atoms with Crippen LogP contribution in [0.4, 0.5) is 4.39 Å². The van der Waals surface area contributed by atoms with Gasteiger partial charge in [-0.25, -0.2) is 9.18 Å². The van der Waals surface area contributed by atoms with Gasteiger partial charge in [0.2, 0.25) is 0 Å². The van der Waals surface area contributed by atoms with Crippen molar-refractivity contribution in [2.24, 2.45) is 0 Å². The fourth-order valence-electron chi connectivity index (χ4n) is 1.27. The van der Waals surface area contributed by atoms with E-state index >= 15 is 0 Å². The number of ether oxygens (including phenoxy) is 1. The largest absolute Gasteiger partial charge is 0.465 e. The molecule has 0 spiro atoms. The van der Waals surface area contributed by atoms with Gasteiger partial charge >= 0.3 is 5.97 Å². The first-order chi connectivity index (χ1) is 7.99. The second-order valence-corrected chi connectivity index (χ2v) is 3.28. The van der Waals surface area contributed by atoms with Crippen molar-refractivity contribution < 1.29 is 24.1 Å². The number of esters is 1. The first-order valence-electron chi connectivity index (χ1n) is 4.64. The first kappa shape index (κ1) is 13.1. The summed E-state index contributed by atoms with van der Waals surface area (Å²) in [6.45, 7) is 0. The molecule has 2 N–H and O–H groups in total. The monoisotopic (exact) mass is 239 g/mol. The van der Waals surface area contributed by atoms with Crippen LogP contribution in [0.1, 0.15) is 22.0 Å². The lowest BCUT2D eigenvalue weighted by Gasteiger charge is -2.13. The second-order valence-electron chi connectivity index (χ2n) is 3.28. The van der Waals surface area contributed by atoms with Gasteiger partial charge in [-0.2, -0.15) is 5.26 Å². The molecular weight excluding hydrogens is 229 g/mol. The number of rotatable bonds is 3. The number of aliphatic hydroxyl groups is 2. The number of hydrogen-bond donors (Lipinski definition) is 2. The van der Waals surface area contributed by atoms with E-state index in [4.69, 9.17) is 10.4 Å². The van der Waals surface area contributed by atoms with E-state index in [0.29, 0.717) is 0 Å². The second kappa shape index (κ2) is 5.39. The molecule has 1 aromatic carbocycles. The van der Waals surface area contributed by atoms with Crippen molar-refractivity contribution in [3.8, 4) is 6.07 Å². The predicted octanol–water partition coefficient (Wildman–Crippen LogP) is 0.530. The molecule has 0 amide bonds. The molecule has 0 fully saturated rings. The molecule has 0 bridgehead atoms. The zero-order valence-corrected chi connectivity index (χ0v) is 8.92. The number of methoxy groups -OCH3 is 1. The van der Waals surface area contributed by atoms with Crippen LogP contribution in [-0.4, -0.2) is 29.4 Å². The third kappa shape index (κ3) is 3.00. The molecule has 0 aliphatic heterocycles. The first-order valence-corrected chi connectivity index (χ1v) is 4.64. The van der Waals surface area contributed by atoms with Crippen molar-refractivity contribution in [2.75, 3.05) is 7.11 Å². The molecule has 5 nitrogen and oxygen atoms in total. The van der Waals surface area contributed by atoms with Gasteiger partial charge in [0.1, 0.15) is 11.9 Å². The smallest absolute Gasteiger partial charge is 0.337 e. The number of carbonyl (C=O) groups is 1. The summed E-state index contributed by atoms with van der Waals surface area (Å²) in [4.78, 5) is 11.2. The van der Waals surface area contributed by atoms with Crippen LogP contribution >= 0.6 is 0 Å². The maximum atomic E-state index is 13.2. The summed E-state index contributed by atoms with van der Waals surface area (Å²) in [5, 5.41) is 27.0. The molecule has 17 heavy (non-hydrogen) atoms. The summed E-state index contributed by atoms with van der Waals surface area (Å²) in [5.41, 5.74) is -0.175. The molecule has 0 saturated heterocycles. The third-order valence-electron chi connectivity index (χ3n) is 2.11. The van der Waals surface area contributed by atoms with E-state index in [0.717, 1.165) is 25.3 Å². The van der Waals surface area contributed by atoms with Crippen LogP contribution in [-0.2, 0) is 4.74 Å². The van der Waals surface area contributed by atoms with E-state index in [-0.39, 0.29) is 11.1 Å². The Morgan fingerprint density at radius 3 is 2.65 bits per heavy atom. The van der Waals surface area contributed by atoms with Gasteiger partial charge in [0.15, 0.2) is 6.10 Å². The molecule has 0 aliphatic rings. The summed E-state index contributed by atoms with van der Waals surface area (Å²) in [6, 6.07) is 4.42. The summed E-state index contributed by atoms with van der Waals surface area (Å²) >= 11 is 0. The maximum absolute atomic E-state index is 13.2. The average molecular weight is 239 g/mol. The highest BCUT2D eigenvalue weighted by atomic mass is 19.1. The summed E-state index contributed by atoms with van der Waals surface area (Å²) < 4.78 is 17.6. The van der Waals surface area contributed by atoms with E-state index in [1.165, 1.54) is 6.07 Å². The lowest BCUT2D eigenvalue weighted by molar-refractivity contribution is 0.0519. The number of nitrogens with zero attached hydrogens (tertiary/aromatic N) is 1. The maximum Gasteiger partial charge on any atom is 0.337 e. The van der Waals surface area contributed by atoms with Crippen LogP contribution in [0.5, 0.6) is 0 Å². The number of nitriles is 1. The third-order valence-corrected chi connectivity index (χ3v) is 2.11. The van der Waals surface area contributed by atoms with Crippen molar-refractivity contribution >= 4 is 5.97 Å². The Hall–Kier alpha value is -1.97. The Labute approximate surface area is 96.7 Å². The van der Waals surface area contributed by atoms with E-state index in [2.05, 4.69) is 4.74 Å². The molecule has 6 heteroatoms.